The second-order valence-electron chi connectivity index (χ2n) is 3.33. The van der Waals surface area contributed by atoms with Gasteiger partial charge < -0.3 is 15.8 Å². The lowest BCUT2D eigenvalue weighted by Crippen LogP contribution is -2.47. The summed E-state index contributed by atoms with van der Waals surface area (Å²) in [5.41, 5.74) is 5.42. The van der Waals surface area contributed by atoms with Crippen LogP contribution in [-0.2, 0) is 14.3 Å². The topological polar surface area (TPSA) is 123 Å². The molecule has 0 aromatic carbocycles. The number of hydrogen-bond acceptors (Lipinski definition) is 6. The molecule has 0 fully saturated rings. The summed E-state index contributed by atoms with van der Waals surface area (Å²) in [5.74, 6) is -0.892. The Morgan fingerprint density at radius 3 is 2.88 bits per heavy atom. The van der Waals surface area contributed by atoms with Gasteiger partial charge >= 0.3 is 5.97 Å². The molecule has 0 saturated carbocycles. The molecular weight excluding hydrogens is 226 g/mol. The first-order chi connectivity index (χ1) is 8.06. The minimum atomic E-state index is -1.33. The highest BCUT2D eigenvalue weighted by Crippen LogP contribution is 2.04. The molecule has 0 bridgehead atoms. The fourth-order valence-electron chi connectivity index (χ4n) is 1.13. The van der Waals surface area contributed by atoms with E-state index in [4.69, 9.17) is 5.73 Å². The van der Waals surface area contributed by atoms with Crippen LogP contribution in [0.15, 0.2) is 6.33 Å². The zero-order valence-electron chi connectivity index (χ0n) is 9.64. The second kappa shape index (κ2) is 5.94. The van der Waals surface area contributed by atoms with Crippen molar-refractivity contribution >= 4 is 11.9 Å². The number of carbonyl (C=O) groups excluding carboxylic acids is 2. The zero-order chi connectivity index (χ0) is 12.8. The Hall–Kier alpha value is -1.96. The minimum Gasteiger partial charge on any atom is -0.464 e. The third-order valence-electron chi connectivity index (χ3n) is 2.03. The van der Waals surface area contributed by atoms with Gasteiger partial charge in [0.05, 0.1) is 12.6 Å². The van der Waals surface area contributed by atoms with Crippen LogP contribution in [0.5, 0.6) is 0 Å². The first kappa shape index (κ1) is 13.1. The number of nitrogens with zero attached hydrogens (tertiary/aromatic N) is 2. The van der Waals surface area contributed by atoms with E-state index in [0.29, 0.717) is 5.82 Å². The van der Waals surface area contributed by atoms with E-state index in [0.717, 1.165) is 0 Å². The SMILES string of the molecule is CCOC(=O)C(N)C(=O)NC(C)c1ncn[nH]1. The maximum Gasteiger partial charge on any atom is 0.332 e. The number of amides is 1. The fraction of sp³-hybridized carbons (Fsp3) is 0.556. The molecule has 1 rings (SSSR count). The van der Waals surface area contributed by atoms with Crippen molar-refractivity contribution in [3.05, 3.63) is 12.2 Å². The van der Waals surface area contributed by atoms with E-state index in [9.17, 15) is 9.59 Å². The summed E-state index contributed by atoms with van der Waals surface area (Å²) in [7, 11) is 0. The average Bonchev–Trinajstić information content (AvgIpc) is 2.81. The Bertz CT molecular complexity index is 378. The molecule has 8 nitrogen and oxygen atoms in total. The van der Waals surface area contributed by atoms with Crippen molar-refractivity contribution < 1.29 is 14.3 Å². The van der Waals surface area contributed by atoms with Crippen molar-refractivity contribution in [1.82, 2.24) is 20.5 Å². The van der Waals surface area contributed by atoms with Gasteiger partial charge in [-0.25, -0.2) is 9.78 Å². The third-order valence-corrected chi connectivity index (χ3v) is 2.03. The standard InChI is InChI=1S/C9H15N5O3/c1-3-17-9(16)6(10)8(15)13-5(2)7-11-4-12-14-7/h4-6H,3,10H2,1-2H3,(H,13,15)(H,11,12,14). The largest absolute Gasteiger partial charge is 0.464 e. The maximum absolute atomic E-state index is 11.6. The Morgan fingerprint density at radius 2 is 2.35 bits per heavy atom. The number of carbonyl (C=O) groups is 2. The summed E-state index contributed by atoms with van der Waals surface area (Å²) in [5, 5.41) is 8.78. The summed E-state index contributed by atoms with van der Waals surface area (Å²) in [6.07, 6.45) is 1.32. The molecule has 8 heteroatoms. The predicted octanol–water partition coefficient (Wildman–Crippen LogP) is -1.13. The van der Waals surface area contributed by atoms with Gasteiger partial charge in [-0.2, -0.15) is 5.10 Å². The zero-order valence-corrected chi connectivity index (χ0v) is 9.64. The summed E-state index contributed by atoms with van der Waals surface area (Å²) in [6.45, 7) is 3.51. The Morgan fingerprint density at radius 1 is 1.65 bits per heavy atom. The van der Waals surface area contributed by atoms with E-state index in [-0.39, 0.29) is 6.61 Å². The quantitative estimate of drug-likeness (QED) is 0.443. The van der Waals surface area contributed by atoms with Crippen LogP contribution >= 0.6 is 0 Å². The Kier molecular flexibility index (Phi) is 4.58. The van der Waals surface area contributed by atoms with E-state index >= 15 is 0 Å². The van der Waals surface area contributed by atoms with E-state index < -0.39 is 24.0 Å². The lowest BCUT2D eigenvalue weighted by molar-refractivity contribution is -0.148. The first-order valence-electron chi connectivity index (χ1n) is 5.14. The number of H-pyrrole nitrogens is 1. The van der Waals surface area contributed by atoms with Crippen LogP contribution in [0, 0.1) is 0 Å². The van der Waals surface area contributed by atoms with E-state index in [1.807, 2.05) is 0 Å². The van der Waals surface area contributed by atoms with Gasteiger partial charge in [0, 0.05) is 0 Å². The van der Waals surface area contributed by atoms with Crippen LogP contribution in [0.3, 0.4) is 0 Å². The number of nitrogens with one attached hydrogen (secondary N) is 2. The van der Waals surface area contributed by atoms with Crippen molar-refractivity contribution in [2.75, 3.05) is 6.61 Å². The number of rotatable bonds is 5. The number of ether oxygens (including phenoxy) is 1. The van der Waals surface area contributed by atoms with Gasteiger partial charge in [-0.3, -0.25) is 9.89 Å². The molecule has 1 aromatic heterocycles. The summed E-state index contributed by atoms with van der Waals surface area (Å²) < 4.78 is 4.64. The van der Waals surface area contributed by atoms with Gasteiger partial charge in [-0.15, -0.1) is 0 Å². The molecule has 1 heterocycles. The van der Waals surface area contributed by atoms with Gasteiger partial charge in [0.1, 0.15) is 12.2 Å². The maximum atomic E-state index is 11.6. The van der Waals surface area contributed by atoms with Crippen molar-refractivity contribution in [2.24, 2.45) is 5.73 Å². The number of nitrogens with two attached hydrogens (primary N) is 1. The van der Waals surface area contributed by atoms with Crippen molar-refractivity contribution in [2.45, 2.75) is 25.9 Å². The normalized spacial score (nSPS) is 13.8. The highest BCUT2D eigenvalue weighted by Gasteiger charge is 2.25. The van der Waals surface area contributed by atoms with Gasteiger partial charge in [0.25, 0.3) is 0 Å². The number of hydrogen-bond donors (Lipinski definition) is 3. The van der Waals surface area contributed by atoms with Crippen LogP contribution < -0.4 is 11.1 Å². The molecule has 4 N–H and O–H groups in total. The molecule has 94 valence electrons. The Labute approximate surface area is 97.9 Å². The van der Waals surface area contributed by atoms with Crippen LogP contribution in [0.4, 0.5) is 0 Å². The van der Waals surface area contributed by atoms with Crippen molar-refractivity contribution in [1.29, 1.82) is 0 Å². The van der Waals surface area contributed by atoms with Crippen molar-refractivity contribution in [3.63, 3.8) is 0 Å². The van der Waals surface area contributed by atoms with Crippen LogP contribution in [0.25, 0.3) is 0 Å². The third kappa shape index (κ3) is 3.52. The number of aromatic amines is 1. The molecule has 1 amide bonds. The van der Waals surface area contributed by atoms with Gasteiger partial charge in [-0.1, -0.05) is 0 Å². The lowest BCUT2D eigenvalue weighted by Gasteiger charge is -2.14. The fourth-order valence-corrected chi connectivity index (χ4v) is 1.13. The molecule has 0 saturated heterocycles. The van der Waals surface area contributed by atoms with Crippen LogP contribution in [0.2, 0.25) is 0 Å². The average molecular weight is 241 g/mol. The number of aromatic nitrogens is 3. The smallest absolute Gasteiger partial charge is 0.332 e. The molecule has 0 spiro atoms. The molecule has 0 aliphatic carbocycles. The van der Waals surface area contributed by atoms with Crippen molar-refractivity contribution in [3.8, 4) is 0 Å². The number of esters is 1. The Balaban J connectivity index is 2.51. The highest BCUT2D eigenvalue weighted by atomic mass is 16.5. The summed E-state index contributed by atoms with van der Waals surface area (Å²) >= 11 is 0. The molecular formula is C9H15N5O3. The summed E-state index contributed by atoms with van der Waals surface area (Å²) in [4.78, 5) is 26.6. The molecule has 2 unspecified atom stereocenters. The van der Waals surface area contributed by atoms with E-state index in [2.05, 4.69) is 25.2 Å². The monoisotopic (exact) mass is 241 g/mol. The van der Waals surface area contributed by atoms with Gasteiger partial charge in [0.15, 0.2) is 6.04 Å². The van der Waals surface area contributed by atoms with Crippen LogP contribution in [0.1, 0.15) is 25.7 Å². The first-order valence-corrected chi connectivity index (χ1v) is 5.14. The summed E-state index contributed by atoms with van der Waals surface area (Å²) in [6, 6.07) is -1.74. The lowest BCUT2D eigenvalue weighted by atomic mass is 10.2. The van der Waals surface area contributed by atoms with Gasteiger partial charge in [0.2, 0.25) is 5.91 Å². The molecule has 2 atom stereocenters. The molecule has 0 aliphatic heterocycles. The van der Waals surface area contributed by atoms with E-state index in [1.165, 1.54) is 6.33 Å². The molecule has 1 aromatic rings. The predicted molar refractivity (Wildman–Crippen MR) is 57.5 cm³/mol. The highest BCUT2D eigenvalue weighted by molar-refractivity contribution is 6.01. The second-order valence-corrected chi connectivity index (χ2v) is 3.33. The minimum absolute atomic E-state index is 0.178. The molecule has 0 radical (unpaired) electrons. The van der Waals surface area contributed by atoms with Crippen LogP contribution in [-0.4, -0.2) is 39.7 Å². The molecule has 0 aliphatic rings. The van der Waals surface area contributed by atoms with Gasteiger partial charge in [-0.05, 0) is 13.8 Å². The van der Waals surface area contributed by atoms with E-state index in [1.54, 1.807) is 13.8 Å². The molecule has 17 heavy (non-hydrogen) atoms.